The van der Waals surface area contributed by atoms with E-state index in [0.717, 1.165) is 5.25 Å². The lowest BCUT2D eigenvalue weighted by Crippen LogP contribution is -2.02. The molecule has 0 radical (unpaired) electrons. The van der Waals surface area contributed by atoms with Crippen molar-refractivity contribution in [2.45, 2.75) is 77.4 Å². The molecule has 0 heterocycles. The Kier molecular flexibility index (Phi) is 15.4. The van der Waals surface area contributed by atoms with Crippen LogP contribution in [0.1, 0.15) is 72.1 Å². The van der Waals surface area contributed by atoms with Gasteiger partial charge in [-0.15, -0.1) is 0 Å². The molecule has 0 rings (SSSR count). The topological polar surface area (TPSA) is 0 Å². The highest BCUT2D eigenvalue weighted by atomic mass is 32.2. The second-order valence-corrected chi connectivity index (χ2v) is 7.57. The number of thioether (sulfide) groups is 2. The lowest BCUT2D eigenvalue weighted by atomic mass is 10.2. The van der Waals surface area contributed by atoms with Gasteiger partial charge >= 0.3 is 0 Å². The minimum atomic E-state index is 0.854. The van der Waals surface area contributed by atoms with Gasteiger partial charge in [-0.25, -0.2) is 0 Å². The van der Waals surface area contributed by atoms with E-state index in [2.05, 4.69) is 44.3 Å². The quantitative estimate of drug-likeness (QED) is 0.378. The highest BCUT2D eigenvalue weighted by Crippen LogP contribution is 2.19. The molecule has 17 heavy (non-hydrogen) atoms. The molecule has 0 aromatic heterocycles. The Hall–Kier alpha value is 0.700. The molecule has 0 aliphatic heterocycles. The molecule has 0 aromatic rings. The SMILES string of the molecule is CCCCCCSCC(C)SCCCCCC. The van der Waals surface area contributed by atoms with E-state index < -0.39 is 0 Å². The summed E-state index contributed by atoms with van der Waals surface area (Å²) in [5.41, 5.74) is 0. The van der Waals surface area contributed by atoms with Crippen LogP contribution < -0.4 is 0 Å². The van der Waals surface area contributed by atoms with E-state index in [1.165, 1.54) is 68.6 Å². The zero-order valence-electron chi connectivity index (χ0n) is 12.2. The minimum absolute atomic E-state index is 0.854. The van der Waals surface area contributed by atoms with E-state index in [1.54, 1.807) is 0 Å². The summed E-state index contributed by atoms with van der Waals surface area (Å²) in [7, 11) is 0. The van der Waals surface area contributed by atoms with Crippen LogP contribution in [0.2, 0.25) is 0 Å². The van der Waals surface area contributed by atoms with E-state index >= 15 is 0 Å². The fraction of sp³-hybridized carbons (Fsp3) is 1.00. The molecule has 2 heteroatoms. The van der Waals surface area contributed by atoms with Crippen molar-refractivity contribution in [3.63, 3.8) is 0 Å². The normalized spacial score (nSPS) is 12.9. The van der Waals surface area contributed by atoms with Gasteiger partial charge in [-0.2, -0.15) is 23.5 Å². The average molecular weight is 277 g/mol. The molecular weight excluding hydrogens is 244 g/mol. The highest BCUT2D eigenvalue weighted by Gasteiger charge is 2.02. The zero-order chi connectivity index (χ0) is 12.8. The van der Waals surface area contributed by atoms with Gasteiger partial charge < -0.3 is 0 Å². The maximum atomic E-state index is 2.39. The first-order valence-corrected chi connectivity index (χ1v) is 9.70. The van der Waals surface area contributed by atoms with Crippen LogP contribution in [0, 0.1) is 0 Å². The van der Waals surface area contributed by atoms with Crippen molar-refractivity contribution >= 4 is 23.5 Å². The van der Waals surface area contributed by atoms with E-state index in [9.17, 15) is 0 Å². The van der Waals surface area contributed by atoms with Crippen LogP contribution in [0.3, 0.4) is 0 Å². The van der Waals surface area contributed by atoms with Crippen molar-refractivity contribution in [1.82, 2.24) is 0 Å². The van der Waals surface area contributed by atoms with Crippen molar-refractivity contribution < 1.29 is 0 Å². The molecule has 0 N–H and O–H groups in total. The van der Waals surface area contributed by atoms with Gasteiger partial charge in [-0.05, 0) is 24.3 Å². The summed E-state index contributed by atoms with van der Waals surface area (Å²) in [6.45, 7) is 6.96. The molecule has 0 aliphatic carbocycles. The molecule has 0 amide bonds. The van der Waals surface area contributed by atoms with Gasteiger partial charge in [-0.3, -0.25) is 0 Å². The highest BCUT2D eigenvalue weighted by molar-refractivity contribution is 8.03. The fourth-order valence-electron chi connectivity index (χ4n) is 1.74. The Balaban J connectivity index is 3.09. The molecule has 0 spiro atoms. The second kappa shape index (κ2) is 14.8. The summed E-state index contributed by atoms with van der Waals surface area (Å²) in [4.78, 5) is 0. The van der Waals surface area contributed by atoms with Gasteiger partial charge in [0.2, 0.25) is 0 Å². The molecule has 0 fully saturated rings. The summed E-state index contributed by atoms with van der Waals surface area (Å²) in [5.74, 6) is 4.10. The lowest BCUT2D eigenvalue weighted by Gasteiger charge is -2.10. The van der Waals surface area contributed by atoms with Crippen LogP contribution in [0.15, 0.2) is 0 Å². The van der Waals surface area contributed by atoms with Crippen molar-refractivity contribution in [3.05, 3.63) is 0 Å². The monoisotopic (exact) mass is 276 g/mol. The van der Waals surface area contributed by atoms with E-state index in [4.69, 9.17) is 0 Å². The molecule has 104 valence electrons. The zero-order valence-corrected chi connectivity index (χ0v) is 13.8. The number of unbranched alkanes of at least 4 members (excludes halogenated alkanes) is 6. The third kappa shape index (κ3) is 14.6. The average Bonchev–Trinajstić information content (AvgIpc) is 2.33. The molecular formula is C15H32S2. The summed E-state index contributed by atoms with van der Waals surface area (Å²) in [5, 5.41) is 0.854. The second-order valence-electron chi connectivity index (χ2n) is 4.88. The van der Waals surface area contributed by atoms with Crippen LogP contribution >= 0.6 is 23.5 Å². The maximum absolute atomic E-state index is 2.39. The molecule has 0 aromatic carbocycles. The van der Waals surface area contributed by atoms with E-state index in [-0.39, 0.29) is 0 Å². The first kappa shape index (κ1) is 17.7. The van der Waals surface area contributed by atoms with Crippen LogP contribution in [0.5, 0.6) is 0 Å². The van der Waals surface area contributed by atoms with E-state index in [1.807, 2.05) is 0 Å². The third-order valence-corrected chi connectivity index (χ3v) is 5.68. The molecule has 0 saturated heterocycles. The maximum Gasteiger partial charge on any atom is 0.0109 e. The molecule has 0 aliphatic rings. The Bertz CT molecular complexity index is 137. The summed E-state index contributed by atoms with van der Waals surface area (Å²) < 4.78 is 0. The van der Waals surface area contributed by atoms with Crippen LogP contribution in [-0.4, -0.2) is 22.5 Å². The first-order chi connectivity index (χ1) is 8.31. The number of hydrogen-bond acceptors (Lipinski definition) is 2. The van der Waals surface area contributed by atoms with Crippen LogP contribution in [-0.2, 0) is 0 Å². The van der Waals surface area contributed by atoms with Gasteiger partial charge in [0.15, 0.2) is 0 Å². The Morgan fingerprint density at radius 1 is 0.765 bits per heavy atom. The summed E-state index contributed by atoms with van der Waals surface area (Å²) in [6.07, 6.45) is 11.3. The first-order valence-electron chi connectivity index (χ1n) is 7.50. The number of hydrogen-bond donors (Lipinski definition) is 0. The van der Waals surface area contributed by atoms with Gasteiger partial charge in [0, 0.05) is 11.0 Å². The van der Waals surface area contributed by atoms with Gasteiger partial charge in [0.25, 0.3) is 0 Å². The minimum Gasteiger partial charge on any atom is -0.161 e. The molecule has 1 unspecified atom stereocenters. The largest absolute Gasteiger partial charge is 0.161 e. The van der Waals surface area contributed by atoms with E-state index in [0.29, 0.717) is 0 Å². The fourth-order valence-corrected chi connectivity index (χ4v) is 4.10. The predicted molar refractivity (Wildman–Crippen MR) is 87.5 cm³/mol. The molecule has 1 atom stereocenters. The van der Waals surface area contributed by atoms with Crippen LogP contribution in [0.25, 0.3) is 0 Å². The Morgan fingerprint density at radius 2 is 1.35 bits per heavy atom. The van der Waals surface area contributed by atoms with Crippen molar-refractivity contribution in [1.29, 1.82) is 0 Å². The Labute approximate surface area is 118 Å². The van der Waals surface area contributed by atoms with Gasteiger partial charge in [0.05, 0.1) is 0 Å². The smallest absolute Gasteiger partial charge is 0.0109 e. The molecule has 0 saturated carbocycles. The number of rotatable bonds is 13. The van der Waals surface area contributed by atoms with Gasteiger partial charge in [0.1, 0.15) is 0 Å². The van der Waals surface area contributed by atoms with Crippen molar-refractivity contribution in [2.75, 3.05) is 17.3 Å². The van der Waals surface area contributed by atoms with Gasteiger partial charge in [-0.1, -0.05) is 59.3 Å². The lowest BCUT2D eigenvalue weighted by molar-refractivity contribution is 0.705. The summed E-state index contributed by atoms with van der Waals surface area (Å²) >= 11 is 4.33. The Morgan fingerprint density at radius 3 is 1.94 bits per heavy atom. The molecule has 0 bridgehead atoms. The standard InChI is InChI=1S/C15H32S2/c1-4-6-8-10-12-16-14-15(3)17-13-11-9-7-5-2/h15H,4-14H2,1-3H3. The van der Waals surface area contributed by atoms with Crippen molar-refractivity contribution in [2.24, 2.45) is 0 Å². The van der Waals surface area contributed by atoms with Crippen LogP contribution in [0.4, 0.5) is 0 Å². The predicted octanol–water partition coefficient (Wildman–Crippen LogP) is 6.00. The summed E-state index contributed by atoms with van der Waals surface area (Å²) in [6, 6.07) is 0. The molecule has 0 nitrogen and oxygen atoms in total. The van der Waals surface area contributed by atoms with Crippen molar-refractivity contribution in [3.8, 4) is 0 Å². The third-order valence-electron chi connectivity index (χ3n) is 2.90.